The van der Waals surface area contributed by atoms with Crippen LogP contribution in [-0.2, 0) is 14.3 Å². The van der Waals surface area contributed by atoms with E-state index < -0.39 is 0 Å². The van der Waals surface area contributed by atoms with Crippen LogP contribution in [0.3, 0.4) is 0 Å². The first-order valence-corrected chi connectivity index (χ1v) is 7.05. The predicted octanol–water partition coefficient (Wildman–Crippen LogP) is 0.887. The van der Waals surface area contributed by atoms with Gasteiger partial charge in [0.1, 0.15) is 5.03 Å². The van der Waals surface area contributed by atoms with Gasteiger partial charge in [-0.2, -0.15) is 0 Å². The highest BCUT2D eigenvalue weighted by Crippen LogP contribution is 2.20. The van der Waals surface area contributed by atoms with Gasteiger partial charge in [-0.05, 0) is 13.0 Å². The molecule has 1 saturated heterocycles. The Labute approximate surface area is 116 Å². The second-order valence-corrected chi connectivity index (χ2v) is 5.11. The van der Waals surface area contributed by atoms with Crippen molar-refractivity contribution in [1.82, 2.24) is 9.97 Å². The molecule has 2 rings (SSSR count). The lowest BCUT2D eigenvalue weighted by molar-refractivity contribution is -0.137. The fraction of sp³-hybridized carbons (Fsp3) is 0.583. The molecule has 1 fully saturated rings. The summed E-state index contributed by atoms with van der Waals surface area (Å²) in [5, 5.41) is 0.791. The van der Waals surface area contributed by atoms with E-state index in [2.05, 4.69) is 19.6 Å². The van der Waals surface area contributed by atoms with E-state index in [0.717, 1.165) is 23.8 Å². The van der Waals surface area contributed by atoms with E-state index in [4.69, 9.17) is 4.74 Å². The van der Waals surface area contributed by atoms with Gasteiger partial charge in [-0.1, -0.05) is 11.8 Å². The first-order valence-electron chi connectivity index (χ1n) is 6.07. The molecule has 0 spiro atoms. The summed E-state index contributed by atoms with van der Waals surface area (Å²) in [4.78, 5) is 22.2. The maximum atomic E-state index is 11.1. The van der Waals surface area contributed by atoms with Gasteiger partial charge in [0.25, 0.3) is 0 Å². The van der Waals surface area contributed by atoms with E-state index in [1.807, 2.05) is 13.0 Å². The molecule has 1 aromatic heterocycles. The summed E-state index contributed by atoms with van der Waals surface area (Å²) in [5.41, 5.74) is 0.892. The summed E-state index contributed by atoms with van der Waals surface area (Å²) in [7, 11) is 1.38. The third kappa shape index (κ3) is 4.07. The first-order chi connectivity index (χ1) is 9.19. The second kappa shape index (κ2) is 6.72. The van der Waals surface area contributed by atoms with Crippen molar-refractivity contribution in [3.05, 3.63) is 11.8 Å². The fourth-order valence-corrected chi connectivity index (χ4v) is 2.48. The highest BCUT2D eigenvalue weighted by molar-refractivity contribution is 7.99. The van der Waals surface area contributed by atoms with Gasteiger partial charge in [-0.15, -0.1) is 0 Å². The Bertz CT molecular complexity index is 450. The topological polar surface area (TPSA) is 64.5 Å². The smallest absolute Gasteiger partial charge is 0.316 e. The molecule has 19 heavy (non-hydrogen) atoms. The zero-order valence-corrected chi connectivity index (χ0v) is 11.9. The average molecular weight is 283 g/mol. The normalized spacial score (nSPS) is 15.4. The lowest BCUT2D eigenvalue weighted by atomic mass is 10.4. The molecule has 104 valence electrons. The molecule has 1 aromatic rings. The van der Waals surface area contributed by atoms with E-state index in [9.17, 15) is 4.79 Å². The third-order valence-electron chi connectivity index (χ3n) is 2.68. The van der Waals surface area contributed by atoms with Crippen molar-refractivity contribution in [2.24, 2.45) is 0 Å². The van der Waals surface area contributed by atoms with Crippen LogP contribution in [0.25, 0.3) is 0 Å². The minimum Gasteiger partial charge on any atom is -0.468 e. The van der Waals surface area contributed by atoms with Crippen molar-refractivity contribution in [3.63, 3.8) is 0 Å². The van der Waals surface area contributed by atoms with Crippen LogP contribution in [0.4, 0.5) is 5.95 Å². The Hall–Kier alpha value is -1.34. The number of hydrogen-bond donors (Lipinski definition) is 0. The van der Waals surface area contributed by atoms with Gasteiger partial charge in [-0.3, -0.25) is 4.79 Å². The third-order valence-corrected chi connectivity index (χ3v) is 3.56. The zero-order valence-electron chi connectivity index (χ0n) is 11.1. The number of ether oxygens (including phenoxy) is 2. The van der Waals surface area contributed by atoms with Gasteiger partial charge >= 0.3 is 5.97 Å². The van der Waals surface area contributed by atoms with Gasteiger partial charge in [0.2, 0.25) is 5.95 Å². The molecule has 0 saturated carbocycles. The lowest BCUT2D eigenvalue weighted by Gasteiger charge is -2.27. The van der Waals surface area contributed by atoms with E-state index in [1.54, 1.807) is 0 Å². The Balaban J connectivity index is 2.07. The highest BCUT2D eigenvalue weighted by atomic mass is 32.2. The van der Waals surface area contributed by atoms with E-state index in [-0.39, 0.29) is 11.7 Å². The van der Waals surface area contributed by atoms with Crippen LogP contribution in [0, 0.1) is 6.92 Å². The van der Waals surface area contributed by atoms with Crippen LogP contribution < -0.4 is 4.90 Å². The number of nitrogens with zero attached hydrogens (tertiary/aromatic N) is 3. The van der Waals surface area contributed by atoms with Crippen molar-refractivity contribution in [2.75, 3.05) is 44.1 Å². The zero-order chi connectivity index (χ0) is 13.7. The predicted molar refractivity (Wildman–Crippen MR) is 72.5 cm³/mol. The molecule has 7 heteroatoms. The van der Waals surface area contributed by atoms with Gasteiger partial charge in [-0.25, -0.2) is 9.97 Å². The van der Waals surface area contributed by atoms with Crippen molar-refractivity contribution >= 4 is 23.7 Å². The number of thioether (sulfide) groups is 1. The number of hydrogen-bond acceptors (Lipinski definition) is 7. The number of carbonyl (C=O) groups is 1. The van der Waals surface area contributed by atoms with Crippen LogP contribution in [0.5, 0.6) is 0 Å². The molecule has 0 N–H and O–H groups in total. The number of aromatic nitrogens is 2. The molecule has 0 unspecified atom stereocenters. The van der Waals surface area contributed by atoms with Gasteiger partial charge in [0, 0.05) is 18.8 Å². The summed E-state index contributed by atoms with van der Waals surface area (Å²) in [6, 6.07) is 1.87. The number of carbonyl (C=O) groups excluding carboxylic acids is 1. The van der Waals surface area contributed by atoms with Crippen LogP contribution >= 0.6 is 11.8 Å². The summed E-state index contributed by atoms with van der Waals surface area (Å²) < 4.78 is 9.93. The summed E-state index contributed by atoms with van der Waals surface area (Å²) >= 11 is 1.36. The summed E-state index contributed by atoms with van der Waals surface area (Å²) in [6.45, 7) is 4.91. The molecule has 0 aromatic carbocycles. The number of morpholine rings is 1. The molecule has 0 bridgehead atoms. The van der Waals surface area contributed by atoms with E-state index in [0.29, 0.717) is 19.2 Å². The standard InChI is InChI=1S/C12H17N3O3S/c1-9-7-10(19-8-11(16)17-2)14-12(13-9)15-3-5-18-6-4-15/h7H,3-6,8H2,1-2H3. The Kier molecular flexibility index (Phi) is 4.98. The molecule has 2 heterocycles. The SMILES string of the molecule is COC(=O)CSc1cc(C)nc(N2CCOCC2)n1. The molecule has 1 aliphatic heterocycles. The van der Waals surface area contributed by atoms with Gasteiger partial charge < -0.3 is 14.4 Å². The molecular weight excluding hydrogens is 266 g/mol. The lowest BCUT2D eigenvalue weighted by Crippen LogP contribution is -2.37. The van der Waals surface area contributed by atoms with Crippen LogP contribution in [0.1, 0.15) is 5.69 Å². The number of anilines is 1. The molecule has 0 radical (unpaired) electrons. The molecule has 1 aliphatic rings. The number of rotatable bonds is 4. The number of aryl methyl sites for hydroxylation is 1. The summed E-state index contributed by atoms with van der Waals surface area (Å²) in [6.07, 6.45) is 0. The maximum absolute atomic E-state index is 11.1. The van der Waals surface area contributed by atoms with Crippen molar-refractivity contribution in [3.8, 4) is 0 Å². The fourth-order valence-electron chi connectivity index (χ4n) is 1.70. The van der Waals surface area contributed by atoms with Crippen molar-refractivity contribution < 1.29 is 14.3 Å². The average Bonchev–Trinajstić information content (AvgIpc) is 2.45. The molecule has 0 aliphatic carbocycles. The molecule has 0 atom stereocenters. The van der Waals surface area contributed by atoms with Gasteiger partial charge in [0.15, 0.2) is 0 Å². The Morgan fingerprint density at radius 1 is 1.47 bits per heavy atom. The summed E-state index contributed by atoms with van der Waals surface area (Å²) in [5.74, 6) is 0.708. The Morgan fingerprint density at radius 3 is 2.89 bits per heavy atom. The monoisotopic (exact) mass is 283 g/mol. The number of methoxy groups -OCH3 is 1. The minimum absolute atomic E-state index is 0.255. The maximum Gasteiger partial charge on any atom is 0.316 e. The van der Waals surface area contributed by atoms with Crippen molar-refractivity contribution in [1.29, 1.82) is 0 Å². The molecule has 6 nitrogen and oxygen atoms in total. The minimum atomic E-state index is -0.255. The van der Waals surface area contributed by atoms with E-state index >= 15 is 0 Å². The first kappa shape index (κ1) is 14.1. The van der Waals surface area contributed by atoms with Crippen LogP contribution in [-0.4, -0.2) is 55.1 Å². The number of esters is 1. The molecular formula is C12H17N3O3S. The Morgan fingerprint density at radius 2 is 2.21 bits per heavy atom. The molecule has 0 amide bonds. The highest BCUT2D eigenvalue weighted by Gasteiger charge is 2.15. The van der Waals surface area contributed by atoms with Crippen LogP contribution in [0.15, 0.2) is 11.1 Å². The quantitative estimate of drug-likeness (QED) is 0.462. The van der Waals surface area contributed by atoms with Gasteiger partial charge in [0.05, 0.1) is 26.1 Å². The largest absolute Gasteiger partial charge is 0.468 e. The second-order valence-electron chi connectivity index (χ2n) is 4.11. The van der Waals surface area contributed by atoms with Crippen LogP contribution in [0.2, 0.25) is 0 Å². The van der Waals surface area contributed by atoms with Crippen molar-refractivity contribution in [2.45, 2.75) is 11.9 Å². The van der Waals surface area contributed by atoms with E-state index in [1.165, 1.54) is 18.9 Å².